The lowest BCUT2D eigenvalue weighted by molar-refractivity contribution is -0.120. The van der Waals surface area contributed by atoms with E-state index in [1.165, 1.54) is 36.4 Å². The van der Waals surface area contributed by atoms with Crippen molar-refractivity contribution in [1.82, 2.24) is 16.1 Å². The first kappa shape index (κ1) is 32.2. The van der Waals surface area contributed by atoms with Crippen LogP contribution in [0.1, 0.15) is 31.9 Å². The van der Waals surface area contributed by atoms with Gasteiger partial charge in [0.2, 0.25) is 11.9 Å². The molecule has 0 aromatic heterocycles. The number of hydrogen-bond donors (Lipinski definition) is 5. The molecule has 0 aliphatic rings. The molecule has 0 unspecified atom stereocenters. The molecule has 0 atom stereocenters. The summed E-state index contributed by atoms with van der Waals surface area (Å²) in [4.78, 5) is 43.0. The summed E-state index contributed by atoms with van der Waals surface area (Å²) < 4.78 is 48.9. The number of alkyl carbamates (subject to hydrolysis) is 1. The number of aliphatic imine (C=N–C) groups is 1. The van der Waals surface area contributed by atoms with Crippen LogP contribution < -0.4 is 21.4 Å². The number of hydroxylamine groups is 1. The van der Waals surface area contributed by atoms with E-state index in [9.17, 15) is 23.2 Å². The van der Waals surface area contributed by atoms with Crippen molar-refractivity contribution < 1.29 is 42.2 Å². The molecular weight excluding hydrogens is 559 g/mol. The molecule has 0 saturated carbocycles. The fraction of sp³-hybridized carbons (Fsp3) is 0.360. The molecule has 0 radical (unpaired) electrons. The molecule has 0 spiro atoms. The van der Waals surface area contributed by atoms with Crippen molar-refractivity contribution in [2.75, 3.05) is 25.0 Å². The van der Waals surface area contributed by atoms with Crippen molar-refractivity contribution in [1.29, 1.82) is 0 Å². The van der Waals surface area contributed by atoms with Crippen LogP contribution in [-0.4, -0.2) is 54.5 Å². The van der Waals surface area contributed by atoms with Crippen LogP contribution >= 0.6 is 11.6 Å². The van der Waals surface area contributed by atoms with Gasteiger partial charge in [0.15, 0.2) is 5.82 Å². The van der Waals surface area contributed by atoms with Crippen LogP contribution in [0.2, 0.25) is 5.02 Å². The SMILES string of the molecule is CC(C)(C)OC(=O)NC(=NC(=O)O)NOCCNC(=O)Cc1c(Cl)ccc(NCC(F)(F)c2ccccc2)c1F. The van der Waals surface area contributed by atoms with Crippen LogP contribution in [0, 0.1) is 5.82 Å². The van der Waals surface area contributed by atoms with E-state index >= 15 is 4.39 Å². The Hall–Kier alpha value is -4.04. The lowest BCUT2D eigenvalue weighted by Crippen LogP contribution is -2.44. The highest BCUT2D eigenvalue weighted by Gasteiger charge is 2.31. The Bertz CT molecular complexity index is 1230. The minimum absolute atomic E-state index is 0.0753. The number of guanidine groups is 1. The summed E-state index contributed by atoms with van der Waals surface area (Å²) in [5.74, 6) is -5.48. The van der Waals surface area contributed by atoms with E-state index < -0.39 is 54.4 Å². The Kier molecular flexibility index (Phi) is 11.6. The van der Waals surface area contributed by atoms with Crippen molar-refractivity contribution in [2.24, 2.45) is 4.99 Å². The number of amides is 3. The Morgan fingerprint density at radius 1 is 1.07 bits per heavy atom. The Morgan fingerprint density at radius 2 is 1.75 bits per heavy atom. The number of alkyl halides is 2. The minimum atomic E-state index is -3.28. The topological polar surface area (TPSA) is 150 Å². The van der Waals surface area contributed by atoms with Gasteiger partial charge in [0.05, 0.1) is 25.3 Å². The summed E-state index contributed by atoms with van der Waals surface area (Å²) in [6.07, 6.45) is -3.12. The zero-order valence-electron chi connectivity index (χ0n) is 21.8. The number of rotatable bonds is 10. The van der Waals surface area contributed by atoms with E-state index in [0.29, 0.717) is 0 Å². The van der Waals surface area contributed by atoms with E-state index in [1.54, 1.807) is 26.8 Å². The maximum atomic E-state index is 15.0. The van der Waals surface area contributed by atoms with E-state index in [1.807, 2.05) is 0 Å². The number of carbonyl (C=O) groups is 3. The summed E-state index contributed by atoms with van der Waals surface area (Å²) in [5, 5.41) is 15.6. The molecule has 0 aliphatic carbocycles. The standard InChI is InChI=1S/C25H29ClF3N5O6/c1-24(2,3)40-23(38)33-21(32-22(36)37)34-39-12-11-30-19(35)13-16-17(26)9-10-18(20(16)27)31-14-25(28,29)15-7-5-4-6-8-15/h4-10,31H,11-14H2,1-3H3,(H,30,35)(H,36,37)(H2,32,33,34,38). The normalized spacial score (nSPS) is 11.9. The lowest BCUT2D eigenvalue weighted by atomic mass is 10.1. The third kappa shape index (κ3) is 11.0. The van der Waals surface area contributed by atoms with Crippen LogP contribution in [0.4, 0.5) is 28.4 Å². The summed E-state index contributed by atoms with van der Waals surface area (Å²) in [6, 6.07) is 9.52. The van der Waals surface area contributed by atoms with Gasteiger partial charge in [0, 0.05) is 22.7 Å². The minimum Gasteiger partial charge on any atom is -0.463 e. The van der Waals surface area contributed by atoms with Gasteiger partial charge >= 0.3 is 12.2 Å². The van der Waals surface area contributed by atoms with Crippen LogP contribution in [0.15, 0.2) is 47.5 Å². The highest BCUT2D eigenvalue weighted by molar-refractivity contribution is 6.31. The van der Waals surface area contributed by atoms with Crippen molar-refractivity contribution in [3.8, 4) is 0 Å². The van der Waals surface area contributed by atoms with Gasteiger partial charge in [-0.25, -0.2) is 19.5 Å². The van der Waals surface area contributed by atoms with Gasteiger partial charge in [0.1, 0.15) is 5.60 Å². The number of benzene rings is 2. The average Bonchev–Trinajstić information content (AvgIpc) is 2.84. The number of carbonyl (C=O) groups excluding carboxylic acids is 2. The fourth-order valence-corrected chi connectivity index (χ4v) is 3.26. The lowest BCUT2D eigenvalue weighted by Gasteiger charge is -2.20. The predicted molar refractivity (Wildman–Crippen MR) is 141 cm³/mol. The summed E-state index contributed by atoms with van der Waals surface area (Å²) in [6.45, 7) is 3.56. The third-order valence-corrected chi connectivity index (χ3v) is 5.10. The second kappa shape index (κ2) is 14.4. The first-order valence-electron chi connectivity index (χ1n) is 11.8. The van der Waals surface area contributed by atoms with E-state index in [2.05, 4.69) is 26.4 Å². The number of nitrogens with zero attached hydrogens (tertiary/aromatic N) is 1. The van der Waals surface area contributed by atoms with Crippen molar-refractivity contribution in [3.05, 3.63) is 64.4 Å². The van der Waals surface area contributed by atoms with E-state index in [-0.39, 0.29) is 35.0 Å². The number of carboxylic acid groups (broad SMARTS) is 1. The van der Waals surface area contributed by atoms with Gasteiger partial charge in [0.25, 0.3) is 5.92 Å². The Labute approximate surface area is 233 Å². The zero-order valence-corrected chi connectivity index (χ0v) is 22.6. The molecule has 2 aromatic carbocycles. The summed E-state index contributed by atoms with van der Waals surface area (Å²) in [7, 11) is 0. The van der Waals surface area contributed by atoms with Crippen molar-refractivity contribution >= 4 is 41.3 Å². The van der Waals surface area contributed by atoms with Crippen LogP contribution in [-0.2, 0) is 26.7 Å². The molecule has 40 heavy (non-hydrogen) atoms. The Balaban J connectivity index is 1.88. The molecule has 0 bridgehead atoms. The molecule has 0 heterocycles. The average molecular weight is 588 g/mol. The van der Waals surface area contributed by atoms with Gasteiger partial charge in [-0.3, -0.25) is 14.9 Å². The molecule has 0 aliphatic heterocycles. The van der Waals surface area contributed by atoms with E-state index in [0.717, 1.165) is 0 Å². The number of halogens is 4. The smallest absolute Gasteiger partial charge is 0.434 e. The molecule has 0 fully saturated rings. The molecular formula is C25H29ClF3N5O6. The first-order chi connectivity index (χ1) is 18.7. The molecule has 2 aromatic rings. The maximum Gasteiger partial charge on any atom is 0.434 e. The van der Waals surface area contributed by atoms with Crippen molar-refractivity contribution in [2.45, 2.75) is 38.7 Å². The molecule has 2 rings (SSSR count). The molecule has 0 saturated heterocycles. The third-order valence-electron chi connectivity index (χ3n) is 4.74. The van der Waals surface area contributed by atoms with Crippen LogP contribution in [0.25, 0.3) is 0 Å². The number of ether oxygens (including phenoxy) is 1. The van der Waals surface area contributed by atoms with Gasteiger partial charge in [-0.15, -0.1) is 4.99 Å². The van der Waals surface area contributed by atoms with Gasteiger partial charge in [-0.2, -0.15) is 8.78 Å². The number of anilines is 1. The number of nitrogens with one attached hydrogen (secondary N) is 4. The molecule has 11 nitrogen and oxygen atoms in total. The highest BCUT2D eigenvalue weighted by Crippen LogP contribution is 2.30. The maximum absolute atomic E-state index is 15.0. The molecule has 5 N–H and O–H groups in total. The summed E-state index contributed by atoms with van der Waals surface area (Å²) in [5.41, 5.74) is 0.560. The Morgan fingerprint density at radius 3 is 2.38 bits per heavy atom. The largest absolute Gasteiger partial charge is 0.463 e. The molecule has 218 valence electrons. The second-order valence-electron chi connectivity index (χ2n) is 9.16. The highest BCUT2D eigenvalue weighted by atomic mass is 35.5. The van der Waals surface area contributed by atoms with E-state index in [4.69, 9.17) is 26.3 Å². The number of hydrogen-bond acceptors (Lipinski definition) is 6. The van der Waals surface area contributed by atoms with Gasteiger partial charge in [-0.05, 0) is 32.9 Å². The molecule has 15 heteroatoms. The van der Waals surface area contributed by atoms with Gasteiger partial charge in [-0.1, -0.05) is 41.9 Å². The monoisotopic (exact) mass is 587 g/mol. The quantitative estimate of drug-likeness (QED) is 0.119. The first-order valence-corrected chi connectivity index (χ1v) is 12.2. The van der Waals surface area contributed by atoms with Crippen LogP contribution in [0.3, 0.4) is 0 Å². The zero-order chi connectivity index (χ0) is 29.9. The predicted octanol–water partition coefficient (Wildman–Crippen LogP) is 4.42. The molecule has 3 amide bonds. The van der Waals surface area contributed by atoms with Gasteiger partial charge < -0.3 is 20.5 Å². The fourth-order valence-electron chi connectivity index (χ4n) is 3.04. The second-order valence-corrected chi connectivity index (χ2v) is 9.57. The van der Waals surface area contributed by atoms with Crippen LogP contribution in [0.5, 0.6) is 0 Å². The van der Waals surface area contributed by atoms with Crippen molar-refractivity contribution in [3.63, 3.8) is 0 Å². The summed E-state index contributed by atoms with van der Waals surface area (Å²) >= 11 is 6.04.